The Kier molecular flexibility index (Phi) is 10.9. The van der Waals surface area contributed by atoms with Gasteiger partial charge in [-0.2, -0.15) is 0 Å². The summed E-state index contributed by atoms with van der Waals surface area (Å²) in [6.07, 6.45) is -0.942. The fourth-order valence-electron chi connectivity index (χ4n) is 3.28. The number of ether oxygens (including phenoxy) is 4. The van der Waals surface area contributed by atoms with Crippen molar-refractivity contribution in [3.63, 3.8) is 0 Å². The van der Waals surface area contributed by atoms with E-state index in [1.54, 1.807) is 0 Å². The molecule has 1 aliphatic carbocycles. The molecule has 0 aromatic rings. The normalized spacial score (nSPS) is 21.5. The van der Waals surface area contributed by atoms with Gasteiger partial charge in [-0.05, 0) is 26.7 Å². The molecule has 2 N–H and O–H groups in total. The van der Waals surface area contributed by atoms with E-state index in [1.165, 1.54) is 13.8 Å². The van der Waals surface area contributed by atoms with Crippen molar-refractivity contribution in [1.29, 1.82) is 0 Å². The predicted octanol–water partition coefficient (Wildman–Crippen LogP) is 0.739. The minimum absolute atomic E-state index is 0.140. The maximum absolute atomic E-state index is 12.5. The number of esters is 4. The molecule has 34 heavy (non-hydrogen) atoms. The zero-order chi connectivity index (χ0) is 26.0. The SMILES string of the molecule is C=C(C)C(=O)OCCOC(=O)C1CC(C(=O)O)C(C(=O)OCCOC(=O)C(=C)C)CC1C(=O)O. The van der Waals surface area contributed by atoms with Gasteiger partial charge in [0.1, 0.15) is 26.4 Å². The molecule has 188 valence electrons. The van der Waals surface area contributed by atoms with Gasteiger partial charge in [-0.25, -0.2) is 9.59 Å². The molecule has 0 spiro atoms. The molecule has 12 heteroatoms. The van der Waals surface area contributed by atoms with Crippen LogP contribution in [0.2, 0.25) is 0 Å². The van der Waals surface area contributed by atoms with Crippen LogP contribution in [-0.2, 0) is 47.7 Å². The van der Waals surface area contributed by atoms with Crippen molar-refractivity contribution in [2.75, 3.05) is 26.4 Å². The first-order chi connectivity index (χ1) is 15.9. The number of hydrogen-bond donors (Lipinski definition) is 2. The predicted molar refractivity (Wildman–Crippen MR) is 112 cm³/mol. The minimum Gasteiger partial charge on any atom is -0.481 e. The van der Waals surface area contributed by atoms with E-state index in [-0.39, 0.29) is 37.6 Å². The first kappa shape index (κ1) is 28.3. The number of aliphatic carboxylic acids is 2. The summed E-state index contributed by atoms with van der Waals surface area (Å²) in [5.41, 5.74) is 0.279. The Balaban J connectivity index is 2.78. The lowest BCUT2D eigenvalue weighted by Gasteiger charge is -2.35. The zero-order valence-electron chi connectivity index (χ0n) is 18.9. The highest BCUT2D eigenvalue weighted by Crippen LogP contribution is 2.40. The Labute approximate surface area is 195 Å². The van der Waals surface area contributed by atoms with Crippen LogP contribution in [0.5, 0.6) is 0 Å². The molecule has 12 nitrogen and oxygen atoms in total. The molecule has 1 saturated carbocycles. The van der Waals surface area contributed by atoms with Crippen molar-refractivity contribution in [2.45, 2.75) is 26.7 Å². The number of carboxylic acids is 2. The molecule has 0 amide bonds. The minimum atomic E-state index is -1.41. The lowest BCUT2D eigenvalue weighted by molar-refractivity contribution is -0.173. The monoisotopic (exact) mass is 484 g/mol. The second kappa shape index (κ2) is 13.1. The topological polar surface area (TPSA) is 180 Å². The third-order valence-corrected chi connectivity index (χ3v) is 5.05. The van der Waals surface area contributed by atoms with Gasteiger partial charge in [-0.1, -0.05) is 13.2 Å². The molecular formula is C22H28O12. The summed E-state index contributed by atoms with van der Waals surface area (Å²) in [7, 11) is 0. The Morgan fingerprint density at radius 1 is 0.618 bits per heavy atom. The second-order valence-electron chi connectivity index (χ2n) is 7.74. The Morgan fingerprint density at radius 3 is 1.18 bits per heavy atom. The van der Waals surface area contributed by atoms with Crippen molar-refractivity contribution in [3.05, 3.63) is 24.3 Å². The lowest BCUT2D eigenvalue weighted by atomic mass is 9.68. The van der Waals surface area contributed by atoms with Crippen molar-refractivity contribution < 1.29 is 57.9 Å². The van der Waals surface area contributed by atoms with E-state index in [9.17, 15) is 39.0 Å². The van der Waals surface area contributed by atoms with Gasteiger partial charge in [0, 0.05) is 11.1 Å². The van der Waals surface area contributed by atoms with Crippen LogP contribution in [0.1, 0.15) is 26.7 Å². The summed E-state index contributed by atoms with van der Waals surface area (Å²) in [5, 5.41) is 19.1. The van der Waals surface area contributed by atoms with E-state index in [0.717, 1.165) is 0 Å². The Bertz CT molecular complexity index is 788. The summed E-state index contributed by atoms with van der Waals surface area (Å²) in [4.78, 5) is 71.1. The first-order valence-electron chi connectivity index (χ1n) is 10.3. The van der Waals surface area contributed by atoms with E-state index in [1.807, 2.05) is 0 Å². The van der Waals surface area contributed by atoms with E-state index >= 15 is 0 Å². The summed E-state index contributed by atoms with van der Waals surface area (Å²) < 4.78 is 19.5. The van der Waals surface area contributed by atoms with Crippen LogP contribution in [0.25, 0.3) is 0 Å². The number of carbonyl (C=O) groups is 6. The van der Waals surface area contributed by atoms with Crippen molar-refractivity contribution in [1.82, 2.24) is 0 Å². The first-order valence-corrected chi connectivity index (χ1v) is 10.3. The summed E-state index contributed by atoms with van der Waals surface area (Å²) in [6.45, 7) is 8.30. The molecule has 0 aromatic carbocycles. The van der Waals surface area contributed by atoms with Gasteiger partial charge in [-0.15, -0.1) is 0 Å². The molecule has 0 saturated heterocycles. The average Bonchev–Trinajstić information content (AvgIpc) is 2.77. The summed E-state index contributed by atoms with van der Waals surface area (Å²) in [6, 6.07) is 0. The van der Waals surface area contributed by atoms with Gasteiger partial charge >= 0.3 is 35.8 Å². The zero-order valence-corrected chi connectivity index (χ0v) is 18.9. The molecule has 0 heterocycles. The van der Waals surface area contributed by atoms with Gasteiger partial charge in [-0.3, -0.25) is 19.2 Å². The number of carbonyl (C=O) groups excluding carboxylic acids is 4. The van der Waals surface area contributed by atoms with Gasteiger partial charge in [0.25, 0.3) is 0 Å². The number of carboxylic acid groups (broad SMARTS) is 2. The fourth-order valence-corrected chi connectivity index (χ4v) is 3.28. The summed E-state index contributed by atoms with van der Waals surface area (Å²) in [5.74, 6) is -11.7. The average molecular weight is 484 g/mol. The van der Waals surface area contributed by atoms with Crippen LogP contribution in [-0.4, -0.2) is 72.5 Å². The quantitative estimate of drug-likeness (QED) is 0.172. The lowest BCUT2D eigenvalue weighted by Crippen LogP contribution is -2.46. The molecule has 1 aliphatic rings. The molecule has 0 radical (unpaired) electrons. The Hall–Kier alpha value is -3.70. The van der Waals surface area contributed by atoms with Crippen LogP contribution >= 0.6 is 0 Å². The molecule has 4 atom stereocenters. The van der Waals surface area contributed by atoms with Crippen LogP contribution in [0, 0.1) is 23.7 Å². The van der Waals surface area contributed by atoms with Crippen LogP contribution < -0.4 is 0 Å². The second-order valence-corrected chi connectivity index (χ2v) is 7.74. The van der Waals surface area contributed by atoms with Crippen LogP contribution in [0.3, 0.4) is 0 Å². The third kappa shape index (κ3) is 8.34. The molecule has 0 aliphatic heterocycles. The van der Waals surface area contributed by atoms with Gasteiger partial charge < -0.3 is 29.2 Å². The number of hydrogen-bond acceptors (Lipinski definition) is 10. The maximum atomic E-state index is 12.5. The smallest absolute Gasteiger partial charge is 0.333 e. The molecule has 4 unspecified atom stereocenters. The molecule has 1 rings (SSSR count). The Morgan fingerprint density at radius 2 is 0.912 bits per heavy atom. The summed E-state index contributed by atoms with van der Waals surface area (Å²) >= 11 is 0. The molecule has 1 fully saturated rings. The maximum Gasteiger partial charge on any atom is 0.333 e. The van der Waals surface area contributed by atoms with Gasteiger partial charge in [0.2, 0.25) is 0 Å². The largest absolute Gasteiger partial charge is 0.481 e. The highest BCUT2D eigenvalue weighted by molar-refractivity contribution is 5.88. The van der Waals surface area contributed by atoms with Crippen LogP contribution in [0.15, 0.2) is 24.3 Å². The van der Waals surface area contributed by atoms with E-state index in [0.29, 0.717) is 0 Å². The highest BCUT2D eigenvalue weighted by Gasteiger charge is 2.50. The third-order valence-electron chi connectivity index (χ3n) is 5.05. The standard InChI is InChI=1S/C22H28O12/c1-11(2)19(27)31-5-7-33-21(29)15-9-14(18(25)26)16(10-13(15)17(23)24)22(30)34-8-6-32-20(28)12(3)4/h13-16H,1,3,5-10H2,2,4H3,(H,23,24)(H,25,26). The molecular weight excluding hydrogens is 456 g/mol. The number of rotatable bonds is 12. The van der Waals surface area contributed by atoms with Crippen molar-refractivity contribution in [3.8, 4) is 0 Å². The molecule has 0 aromatic heterocycles. The van der Waals surface area contributed by atoms with E-state index < -0.39 is 72.3 Å². The van der Waals surface area contributed by atoms with Crippen molar-refractivity contribution in [2.24, 2.45) is 23.7 Å². The van der Waals surface area contributed by atoms with Gasteiger partial charge in [0.05, 0.1) is 23.7 Å². The van der Waals surface area contributed by atoms with Crippen molar-refractivity contribution >= 4 is 35.8 Å². The fraction of sp³-hybridized carbons (Fsp3) is 0.545. The van der Waals surface area contributed by atoms with E-state index in [4.69, 9.17) is 18.9 Å². The van der Waals surface area contributed by atoms with E-state index in [2.05, 4.69) is 13.2 Å². The molecule has 0 bridgehead atoms. The highest BCUT2D eigenvalue weighted by atomic mass is 16.6. The van der Waals surface area contributed by atoms with Crippen LogP contribution in [0.4, 0.5) is 0 Å². The van der Waals surface area contributed by atoms with Gasteiger partial charge in [0.15, 0.2) is 0 Å².